The van der Waals surface area contributed by atoms with Gasteiger partial charge in [0.15, 0.2) is 5.82 Å². The maximum atomic E-state index is 12.8. The van der Waals surface area contributed by atoms with E-state index in [0.29, 0.717) is 24.8 Å². The lowest BCUT2D eigenvalue weighted by molar-refractivity contribution is -0.132. The Morgan fingerprint density at radius 2 is 1.97 bits per heavy atom. The van der Waals surface area contributed by atoms with Crippen molar-refractivity contribution < 1.29 is 4.79 Å². The molecule has 29 heavy (non-hydrogen) atoms. The summed E-state index contributed by atoms with van der Waals surface area (Å²) in [4.78, 5) is 24.1. The van der Waals surface area contributed by atoms with Gasteiger partial charge in [-0.1, -0.05) is 33.1 Å². The van der Waals surface area contributed by atoms with Crippen molar-refractivity contribution in [3.63, 3.8) is 0 Å². The fourth-order valence-electron chi connectivity index (χ4n) is 4.83. The summed E-state index contributed by atoms with van der Waals surface area (Å²) in [7, 11) is 0. The molecule has 1 aliphatic heterocycles. The molecule has 1 saturated carbocycles. The highest BCUT2D eigenvalue weighted by Crippen LogP contribution is 2.32. The molecule has 2 fully saturated rings. The van der Waals surface area contributed by atoms with E-state index >= 15 is 0 Å². The van der Waals surface area contributed by atoms with Gasteiger partial charge in [-0.05, 0) is 25.7 Å². The zero-order valence-electron chi connectivity index (χ0n) is 17.8. The summed E-state index contributed by atoms with van der Waals surface area (Å²) in [5.41, 5.74) is 0. The molecule has 1 aliphatic carbocycles. The second kappa shape index (κ2) is 9.09. The van der Waals surface area contributed by atoms with Gasteiger partial charge in [-0.15, -0.1) is 0 Å². The number of hydrogen-bond acceptors (Lipinski definition) is 4. The van der Waals surface area contributed by atoms with Gasteiger partial charge < -0.3 is 9.47 Å². The molecule has 7 nitrogen and oxygen atoms in total. The van der Waals surface area contributed by atoms with E-state index in [1.807, 2.05) is 17.3 Å². The van der Waals surface area contributed by atoms with Crippen LogP contribution in [0.3, 0.4) is 0 Å². The fraction of sp³-hybridized carbons (Fsp3) is 0.727. The monoisotopic (exact) mass is 398 g/mol. The SMILES string of the molecule is CC(C)c1nccn1CCC(=O)N1CCC[C@@H](c2n[nH]c(C3CCCCC3)n2)C1. The van der Waals surface area contributed by atoms with E-state index in [1.54, 1.807) is 0 Å². The number of nitrogens with one attached hydrogen (secondary N) is 1. The van der Waals surface area contributed by atoms with E-state index in [0.717, 1.165) is 43.4 Å². The molecule has 1 saturated heterocycles. The van der Waals surface area contributed by atoms with Gasteiger partial charge in [-0.2, -0.15) is 5.10 Å². The van der Waals surface area contributed by atoms with Crippen molar-refractivity contribution >= 4 is 5.91 Å². The topological polar surface area (TPSA) is 79.7 Å². The molecule has 1 atom stereocenters. The Labute approximate surface area is 173 Å². The van der Waals surface area contributed by atoms with Crippen LogP contribution in [0, 0.1) is 0 Å². The number of hydrogen-bond donors (Lipinski definition) is 1. The van der Waals surface area contributed by atoms with Gasteiger partial charge >= 0.3 is 0 Å². The van der Waals surface area contributed by atoms with Crippen LogP contribution in [0.4, 0.5) is 0 Å². The van der Waals surface area contributed by atoms with Crippen molar-refractivity contribution in [2.75, 3.05) is 13.1 Å². The number of H-pyrrole nitrogens is 1. The van der Waals surface area contributed by atoms with Crippen LogP contribution in [-0.4, -0.2) is 48.6 Å². The van der Waals surface area contributed by atoms with Gasteiger partial charge in [-0.3, -0.25) is 9.89 Å². The second-order valence-corrected chi connectivity index (χ2v) is 8.98. The van der Waals surface area contributed by atoms with E-state index in [2.05, 4.69) is 33.6 Å². The summed E-state index contributed by atoms with van der Waals surface area (Å²) >= 11 is 0. The predicted molar refractivity (Wildman–Crippen MR) is 112 cm³/mol. The summed E-state index contributed by atoms with van der Waals surface area (Å²) in [6.45, 7) is 6.54. The first-order chi connectivity index (χ1) is 14.1. The number of carbonyl (C=O) groups excluding carboxylic acids is 1. The molecule has 0 aromatic carbocycles. The minimum Gasteiger partial charge on any atom is -0.342 e. The molecule has 4 rings (SSSR count). The first-order valence-corrected chi connectivity index (χ1v) is 11.3. The van der Waals surface area contributed by atoms with Crippen molar-refractivity contribution in [2.45, 2.75) is 89.5 Å². The standard InChI is InChI=1S/C22H34N6O/c1-16(2)22-23-11-14-27(22)13-10-19(29)28-12-6-9-18(15-28)21-24-20(25-26-21)17-7-4-3-5-8-17/h11,14,16-18H,3-10,12-13,15H2,1-2H3,(H,24,25,26)/t18-/m1/s1. The van der Waals surface area contributed by atoms with Crippen molar-refractivity contribution in [3.05, 3.63) is 29.9 Å². The van der Waals surface area contributed by atoms with E-state index in [-0.39, 0.29) is 11.8 Å². The minimum absolute atomic E-state index is 0.223. The van der Waals surface area contributed by atoms with Crippen LogP contribution in [0.25, 0.3) is 0 Å². The highest BCUT2D eigenvalue weighted by atomic mass is 16.2. The van der Waals surface area contributed by atoms with Crippen LogP contribution >= 0.6 is 0 Å². The smallest absolute Gasteiger partial charge is 0.224 e. The van der Waals surface area contributed by atoms with Crippen molar-refractivity contribution in [1.29, 1.82) is 0 Å². The Morgan fingerprint density at radius 1 is 1.17 bits per heavy atom. The molecular formula is C22H34N6O. The highest BCUT2D eigenvalue weighted by Gasteiger charge is 2.28. The van der Waals surface area contributed by atoms with Gasteiger partial charge in [0.2, 0.25) is 5.91 Å². The lowest BCUT2D eigenvalue weighted by Gasteiger charge is -2.31. The summed E-state index contributed by atoms with van der Waals surface area (Å²) in [5, 5.41) is 7.74. The summed E-state index contributed by atoms with van der Waals surface area (Å²) in [6.07, 6.45) is 12.8. The molecule has 7 heteroatoms. The number of aromatic nitrogens is 5. The quantitative estimate of drug-likeness (QED) is 0.798. The maximum absolute atomic E-state index is 12.8. The molecular weight excluding hydrogens is 364 g/mol. The van der Waals surface area contributed by atoms with Crippen LogP contribution in [0.5, 0.6) is 0 Å². The first kappa shape index (κ1) is 20.1. The number of rotatable bonds is 6. The molecule has 2 aromatic rings. The van der Waals surface area contributed by atoms with Gasteiger partial charge in [0.05, 0.1) is 0 Å². The number of carbonyl (C=O) groups is 1. The molecule has 0 unspecified atom stereocenters. The highest BCUT2D eigenvalue weighted by molar-refractivity contribution is 5.76. The third kappa shape index (κ3) is 4.70. The van der Waals surface area contributed by atoms with Crippen LogP contribution in [0.15, 0.2) is 12.4 Å². The largest absolute Gasteiger partial charge is 0.342 e. The Bertz CT molecular complexity index is 804. The summed E-state index contributed by atoms with van der Waals surface area (Å²) < 4.78 is 2.11. The van der Waals surface area contributed by atoms with Crippen molar-refractivity contribution in [1.82, 2.24) is 29.6 Å². The van der Waals surface area contributed by atoms with Gasteiger partial charge in [0.25, 0.3) is 0 Å². The zero-order chi connectivity index (χ0) is 20.2. The molecule has 2 aliphatic rings. The number of nitrogens with zero attached hydrogens (tertiary/aromatic N) is 5. The van der Waals surface area contributed by atoms with E-state index in [9.17, 15) is 4.79 Å². The number of amides is 1. The number of piperidine rings is 1. The molecule has 0 spiro atoms. The van der Waals surface area contributed by atoms with Crippen molar-refractivity contribution in [3.8, 4) is 0 Å². The molecule has 0 bridgehead atoms. The van der Waals surface area contributed by atoms with Crippen LogP contribution < -0.4 is 0 Å². The average molecular weight is 399 g/mol. The Kier molecular flexibility index (Phi) is 6.31. The molecule has 1 amide bonds. The van der Waals surface area contributed by atoms with E-state index < -0.39 is 0 Å². The molecule has 158 valence electrons. The summed E-state index contributed by atoms with van der Waals surface area (Å²) in [5.74, 6) is 4.39. The second-order valence-electron chi connectivity index (χ2n) is 8.98. The van der Waals surface area contributed by atoms with Crippen LogP contribution in [0.1, 0.15) is 100 Å². The Hall–Kier alpha value is -2.18. The number of imidazole rings is 1. The van der Waals surface area contributed by atoms with E-state index in [4.69, 9.17) is 4.98 Å². The molecule has 3 heterocycles. The van der Waals surface area contributed by atoms with Crippen LogP contribution in [-0.2, 0) is 11.3 Å². The number of aromatic amines is 1. The Morgan fingerprint density at radius 3 is 2.76 bits per heavy atom. The number of likely N-dealkylation sites (tertiary alicyclic amines) is 1. The normalized spacial score (nSPS) is 21.1. The molecule has 0 radical (unpaired) electrons. The molecule has 2 aromatic heterocycles. The maximum Gasteiger partial charge on any atom is 0.224 e. The van der Waals surface area contributed by atoms with Gasteiger partial charge in [-0.25, -0.2) is 9.97 Å². The zero-order valence-corrected chi connectivity index (χ0v) is 17.8. The van der Waals surface area contributed by atoms with Crippen molar-refractivity contribution in [2.24, 2.45) is 0 Å². The minimum atomic E-state index is 0.223. The lowest BCUT2D eigenvalue weighted by atomic mass is 9.89. The van der Waals surface area contributed by atoms with Gasteiger partial charge in [0, 0.05) is 56.2 Å². The van der Waals surface area contributed by atoms with E-state index in [1.165, 1.54) is 32.1 Å². The van der Waals surface area contributed by atoms with Gasteiger partial charge in [0.1, 0.15) is 11.6 Å². The lowest BCUT2D eigenvalue weighted by Crippen LogP contribution is -2.39. The third-order valence-corrected chi connectivity index (χ3v) is 6.48. The average Bonchev–Trinajstić information content (AvgIpc) is 3.42. The fourth-order valence-corrected chi connectivity index (χ4v) is 4.83. The number of aryl methyl sites for hydroxylation is 1. The predicted octanol–water partition coefficient (Wildman–Crippen LogP) is 3.97. The molecule has 1 N–H and O–H groups in total. The van der Waals surface area contributed by atoms with Crippen LogP contribution in [0.2, 0.25) is 0 Å². The summed E-state index contributed by atoms with van der Waals surface area (Å²) in [6, 6.07) is 0. The third-order valence-electron chi connectivity index (χ3n) is 6.48. The Balaban J connectivity index is 1.33. The first-order valence-electron chi connectivity index (χ1n) is 11.3.